The first-order valence-corrected chi connectivity index (χ1v) is 6.75. The molecular formula is C15H13ClN4O. The number of hydrogen-bond acceptors (Lipinski definition) is 4. The van der Waals surface area contributed by atoms with Crippen molar-refractivity contribution in [3.63, 3.8) is 0 Å². The van der Waals surface area contributed by atoms with Gasteiger partial charge in [-0.25, -0.2) is 4.98 Å². The molecule has 1 aromatic carbocycles. The van der Waals surface area contributed by atoms with Gasteiger partial charge in [0.25, 0.3) is 0 Å². The standard InChI is InChI=1S/C15H13ClN4O/c1-10-15(20-9-11(16)3-8-14(20)17-10)19-18-12-4-6-13(21-2)7-5-12/h3-9H,1-2H3. The number of methoxy groups -OCH3 is 1. The van der Waals surface area contributed by atoms with E-state index in [2.05, 4.69) is 15.2 Å². The van der Waals surface area contributed by atoms with Crippen molar-refractivity contribution in [2.75, 3.05) is 7.11 Å². The minimum Gasteiger partial charge on any atom is -0.497 e. The maximum absolute atomic E-state index is 6.02. The Bertz CT molecular complexity index is 808. The molecule has 0 saturated carbocycles. The van der Waals surface area contributed by atoms with Crippen LogP contribution in [-0.2, 0) is 0 Å². The van der Waals surface area contributed by atoms with E-state index in [0.29, 0.717) is 10.8 Å². The van der Waals surface area contributed by atoms with Gasteiger partial charge in [-0.2, -0.15) is 0 Å². The maximum atomic E-state index is 6.02. The van der Waals surface area contributed by atoms with Gasteiger partial charge in [-0.05, 0) is 43.3 Å². The van der Waals surface area contributed by atoms with Crippen molar-refractivity contribution in [2.24, 2.45) is 10.2 Å². The minimum atomic E-state index is 0.626. The Balaban J connectivity index is 1.98. The summed E-state index contributed by atoms with van der Waals surface area (Å²) in [5, 5.41) is 9.14. The van der Waals surface area contributed by atoms with Crippen molar-refractivity contribution in [1.82, 2.24) is 9.38 Å². The normalized spacial score (nSPS) is 11.4. The van der Waals surface area contributed by atoms with Crippen molar-refractivity contribution in [3.05, 3.63) is 53.3 Å². The lowest BCUT2D eigenvalue weighted by Gasteiger charge is -1.99. The van der Waals surface area contributed by atoms with Gasteiger partial charge in [0, 0.05) is 6.20 Å². The van der Waals surface area contributed by atoms with Crippen molar-refractivity contribution in [1.29, 1.82) is 0 Å². The zero-order valence-electron chi connectivity index (χ0n) is 11.6. The summed E-state index contributed by atoms with van der Waals surface area (Å²) in [6.07, 6.45) is 1.78. The molecule has 0 aliphatic rings. The van der Waals surface area contributed by atoms with Crippen molar-refractivity contribution < 1.29 is 4.74 Å². The average Bonchev–Trinajstić information content (AvgIpc) is 2.80. The third-order valence-electron chi connectivity index (χ3n) is 3.06. The van der Waals surface area contributed by atoms with Crippen LogP contribution in [0.5, 0.6) is 5.75 Å². The van der Waals surface area contributed by atoms with Gasteiger partial charge in [0.05, 0.1) is 23.5 Å². The zero-order chi connectivity index (χ0) is 14.8. The fraction of sp³-hybridized carbons (Fsp3) is 0.133. The van der Waals surface area contributed by atoms with Crippen LogP contribution < -0.4 is 4.74 Å². The fourth-order valence-electron chi connectivity index (χ4n) is 2.00. The Morgan fingerprint density at radius 2 is 1.86 bits per heavy atom. The Hall–Kier alpha value is -2.40. The summed E-state index contributed by atoms with van der Waals surface area (Å²) in [5.74, 6) is 1.45. The molecule has 21 heavy (non-hydrogen) atoms. The number of nitrogens with zero attached hydrogens (tertiary/aromatic N) is 4. The highest BCUT2D eigenvalue weighted by molar-refractivity contribution is 6.30. The molecule has 0 radical (unpaired) electrons. The van der Waals surface area contributed by atoms with Gasteiger partial charge in [0.1, 0.15) is 11.4 Å². The summed E-state index contributed by atoms with van der Waals surface area (Å²) in [6, 6.07) is 11.0. The van der Waals surface area contributed by atoms with Gasteiger partial charge in [-0.3, -0.25) is 4.40 Å². The van der Waals surface area contributed by atoms with E-state index in [-0.39, 0.29) is 0 Å². The molecule has 3 rings (SSSR count). The number of aromatic nitrogens is 2. The molecule has 0 spiro atoms. The Labute approximate surface area is 126 Å². The molecule has 6 heteroatoms. The van der Waals surface area contributed by atoms with Gasteiger partial charge < -0.3 is 4.74 Å². The van der Waals surface area contributed by atoms with E-state index in [1.165, 1.54) is 0 Å². The second-order valence-corrected chi connectivity index (χ2v) is 4.93. The highest BCUT2D eigenvalue weighted by atomic mass is 35.5. The summed E-state index contributed by atoms with van der Waals surface area (Å²) in [5.41, 5.74) is 2.34. The molecule has 2 aromatic heterocycles. The van der Waals surface area contributed by atoms with Crippen LogP contribution in [0.25, 0.3) is 5.65 Å². The highest BCUT2D eigenvalue weighted by Gasteiger charge is 2.08. The predicted octanol–water partition coefficient (Wildman–Crippen LogP) is 4.72. The second-order valence-electron chi connectivity index (χ2n) is 4.49. The number of benzene rings is 1. The summed E-state index contributed by atoms with van der Waals surface area (Å²) in [7, 11) is 1.63. The van der Waals surface area contributed by atoms with Gasteiger partial charge in [-0.1, -0.05) is 11.6 Å². The molecule has 2 heterocycles. The molecule has 0 aliphatic heterocycles. The zero-order valence-corrected chi connectivity index (χ0v) is 12.4. The SMILES string of the molecule is COc1ccc(N=Nc2c(C)nc3ccc(Cl)cn23)cc1. The summed E-state index contributed by atoms with van der Waals surface area (Å²) < 4.78 is 6.93. The molecule has 0 amide bonds. The van der Waals surface area contributed by atoms with Gasteiger partial charge in [0.2, 0.25) is 0 Å². The maximum Gasteiger partial charge on any atom is 0.182 e. The second kappa shape index (κ2) is 5.54. The molecular weight excluding hydrogens is 288 g/mol. The van der Waals surface area contributed by atoms with Crippen LogP contribution in [-0.4, -0.2) is 16.5 Å². The number of imidazole rings is 1. The van der Waals surface area contributed by atoms with Crippen LogP contribution in [0.1, 0.15) is 5.69 Å². The molecule has 0 bridgehead atoms. The molecule has 106 valence electrons. The van der Waals surface area contributed by atoms with Gasteiger partial charge >= 0.3 is 0 Å². The predicted molar refractivity (Wildman–Crippen MR) is 82.1 cm³/mol. The Morgan fingerprint density at radius 3 is 2.57 bits per heavy atom. The van der Waals surface area contributed by atoms with Gasteiger partial charge in [0.15, 0.2) is 5.82 Å². The first-order chi connectivity index (χ1) is 10.2. The van der Waals surface area contributed by atoms with Crippen LogP contribution in [0.2, 0.25) is 5.02 Å². The van der Waals surface area contributed by atoms with Crippen LogP contribution >= 0.6 is 11.6 Å². The van der Waals surface area contributed by atoms with Crippen molar-refractivity contribution in [2.45, 2.75) is 6.92 Å². The summed E-state index contributed by atoms with van der Waals surface area (Å²) in [4.78, 5) is 4.42. The quantitative estimate of drug-likeness (QED) is 0.657. The smallest absolute Gasteiger partial charge is 0.182 e. The third-order valence-corrected chi connectivity index (χ3v) is 3.28. The number of halogens is 1. The Morgan fingerprint density at radius 1 is 1.10 bits per heavy atom. The first-order valence-electron chi connectivity index (χ1n) is 6.37. The van der Waals surface area contributed by atoms with E-state index in [9.17, 15) is 0 Å². The van der Waals surface area contributed by atoms with Gasteiger partial charge in [-0.15, -0.1) is 10.2 Å². The van der Waals surface area contributed by atoms with E-state index >= 15 is 0 Å². The number of ether oxygens (including phenoxy) is 1. The van der Waals surface area contributed by atoms with Crippen molar-refractivity contribution >= 4 is 28.8 Å². The topological polar surface area (TPSA) is 51.2 Å². The molecule has 0 atom stereocenters. The lowest BCUT2D eigenvalue weighted by atomic mass is 10.3. The lowest BCUT2D eigenvalue weighted by molar-refractivity contribution is 0.415. The number of pyridine rings is 1. The number of hydrogen-bond donors (Lipinski definition) is 0. The fourth-order valence-corrected chi connectivity index (χ4v) is 2.16. The Kier molecular flexibility index (Phi) is 3.58. The summed E-state index contributed by atoms with van der Waals surface area (Å²) in [6.45, 7) is 1.89. The molecule has 5 nitrogen and oxygen atoms in total. The van der Waals surface area contributed by atoms with Crippen molar-refractivity contribution in [3.8, 4) is 5.75 Å². The largest absolute Gasteiger partial charge is 0.497 e. The molecule has 0 unspecified atom stereocenters. The molecule has 3 aromatic rings. The van der Waals surface area contributed by atoms with Crippen LogP contribution in [0.4, 0.5) is 11.5 Å². The number of aryl methyl sites for hydroxylation is 1. The van der Waals surface area contributed by atoms with E-state index < -0.39 is 0 Å². The van der Waals surface area contributed by atoms with Crippen LogP contribution in [0.3, 0.4) is 0 Å². The average molecular weight is 301 g/mol. The third kappa shape index (κ3) is 2.73. The molecule has 0 aliphatic carbocycles. The lowest BCUT2D eigenvalue weighted by Crippen LogP contribution is -1.82. The monoisotopic (exact) mass is 300 g/mol. The van der Waals surface area contributed by atoms with E-state index in [1.54, 1.807) is 19.4 Å². The van der Waals surface area contributed by atoms with E-state index in [1.807, 2.05) is 41.7 Å². The minimum absolute atomic E-state index is 0.626. The number of azo groups is 1. The molecule has 0 fully saturated rings. The van der Waals surface area contributed by atoms with E-state index in [4.69, 9.17) is 16.3 Å². The number of rotatable bonds is 3. The van der Waals surface area contributed by atoms with E-state index in [0.717, 1.165) is 22.8 Å². The molecule has 0 saturated heterocycles. The summed E-state index contributed by atoms with van der Waals surface area (Å²) >= 11 is 6.02. The van der Waals surface area contributed by atoms with Crippen LogP contribution in [0, 0.1) is 6.92 Å². The molecule has 0 N–H and O–H groups in total. The van der Waals surface area contributed by atoms with Crippen LogP contribution in [0.15, 0.2) is 52.8 Å². The first kappa shape index (κ1) is 13.6. The number of fused-ring (bicyclic) bond motifs is 1. The highest BCUT2D eigenvalue weighted by Crippen LogP contribution is 2.25.